The van der Waals surface area contributed by atoms with Crippen LogP contribution >= 0.6 is 0 Å². The van der Waals surface area contributed by atoms with Gasteiger partial charge in [0, 0.05) is 0 Å². The van der Waals surface area contributed by atoms with Gasteiger partial charge in [0.2, 0.25) is 5.82 Å². The second-order valence-electron chi connectivity index (χ2n) is 7.89. The molecule has 4 nitrogen and oxygen atoms in total. The second-order valence-corrected chi connectivity index (χ2v) is 7.89. The lowest BCUT2D eigenvalue weighted by Crippen LogP contribution is -2.43. The Hall–Kier alpha value is -2.19. The van der Waals surface area contributed by atoms with Crippen LogP contribution in [0.2, 0.25) is 0 Å². The van der Waals surface area contributed by atoms with E-state index >= 15 is 0 Å². The van der Waals surface area contributed by atoms with Gasteiger partial charge in [0.1, 0.15) is 11.6 Å². The molecule has 0 heterocycles. The molecule has 0 aliphatic rings. The van der Waals surface area contributed by atoms with E-state index in [1.807, 2.05) is 5.32 Å². The van der Waals surface area contributed by atoms with Crippen molar-refractivity contribution in [2.75, 3.05) is 6.61 Å². The van der Waals surface area contributed by atoms with Crippen LogP contribution in [0.1, 0.15) is 82.5 Å². The minimum absolute atomic E-state index is 0.0665. The fourth-order valence-electron chi connectivity index (χ4n) is 3.05. The fourth-order valence-corrected chi connectivity index (χ4v) is 3.05. The third-order valence-corrected chi connectivity index (χ3v) is 4.73. The van der Waals surface area contributed by atoms with Crippen molar-refractivity contribution in [3.63, 3.8) is 0 Å². The first-order valence-corrected chi connectivity index (χ1v) is 10.6. The number of nitrogens with one attached hydrogen (secondary N) is 1. The standard InChI is InChI=1S/C22H30F5NO3/c1-4-5-6-7-8-9-10-11-31-22(30)14(12-13(2)3)28-21(29)15-16(23)18(25)20(27)19(26)17(15)24/h13-14H,4-12H2,1-3H3,(H,28,29). The summed E-state index contributed by atoms with van der Waals surface area (Å²) < 4.78 is 72.8. The lowest BCUT2D eigenvalue weighted by molar-refractivity contribution is -0.146. The normalized spacial score (nSPS) is 12.2. The summed E-state index contributed by atoms with van der Waals surface area (Å²) in [5.41, 5.74) is -1.63. The largest absolute Gasteiger partial charge is 0.464 e. The molecular weight excluding hydrogens is 421 g/mol. The van der Waals surface area contributed by atoms with E-state index in [4.69, 9.17) is 4.74 Å². The van der Waals surface area contributed by atoms with Crippen molar-refractivity contribution in [2.45, 2.75) is 78.2 Å². The van der Waals surface area contributed by atoms with Crippen molar-refractivity contribution in [1.82, 2.24) is 5.32 Å². The van der Waals surface area contributed by atoms with Crippen LogP contribution in [0, 0.1) is 35.0 Å². The highest BCUT2D eigenvalue weighted by Gasteiger charge is 2.32. The number of esters is 1. The molecule has 0 fully saturated rings. The summed E-state index contributed by atoms with van der Waals surface area (Å²) in [4.78, 5) is 24.6. The van der Waals surface area contributed by atoms with Crippen molar-refractivity contribution < 1.29 is 36.3 Å². The summed E-state index contributed by atoms with van der Waals surface area (Å²) in [6, 6.07) is -1.29. The molecule has 9 heteroatoms. The van der Waals surface area contributed by atoms with Gasteiger partial charge in [-0.1, -0.05) is 59.3 Å². The maximum Gasteiger partial charge on any atom is 0.328 e. The molecule has 0 radical (unpaired) electrons. The van der Waals surface area contributed by atoms with Crippen LogP contribution in [0.15, 0.2) is 0 Å². The molecule has 1 rings (SSSR count). The molecule has 1 amide bonds. The van der Waals surface area contributed by atoms with Crippen LogP contribution in [0.5, 0.6) is 0 Å². The molecule has 0 saturated carbocycles. The van der Waals surface area contributed by atoms with E-state index in [9.17, 15) is 31.5 Å². The number of rotatable bonds is 13. The molecule has 1 atom stereocenters. The highest BCUT2D eigenvalue weighted by Crippen LogP contribution is 2.23. The van der Waals surface area contributed by atoms with Gasteiger partial charge < -0.3 is 10.1 Å². The zero-order chi connectivity index (χ0) is 23.6. The number of hydrogen-bond donors (Lipinski definition) is 1. The minimum Gasteiger partial charge on any atom is -0.464 e. The van der Waals surface area contributed by atoms with Crippen LogP contribution in [0.25, 0.3) is 0 Å². The highest BCUT2D eigenvalue weighted by atomic mass is 19.2. The molecular formula is C22H30F5NO3. The molecule has 0 aliphatic carbocycles. The van der Waals surface area contributed by atoms with Gasteiger partial charge in [-0.05, 0) is 18.8 Å². The van der Waals surface area contributed by atoms with Gasteiger partial charge >= 0.3 is 5.97 Å². The zero-order valence-corrected chi connectivity index (χ0v) is 18.1. The van der Waals surface area contributed by atoms with Crippen LogP contribution < -0.4 is 5.32 Å². The Bertz CT molecular complexity index is 726. The van der Waals surface area contributed by atoms with Gasteiger partial charge in [0.05, 0.1) is 6.61 Å². The molecule has 0 saturated heterocycles. The predicted octanol–water partition coefficient (Wildman–Crippen LogP) is 5.82. The summed E-state index contributed by atoms with van der Waals surface area (Å²) >= 11 is 0. The number of benzene rings is 1. The van der Waals surface area contributed by atoms with Crippen LogP contribution in [0.4, 0.5) is 22.0 Å². The van der Waals surface area contributed by atoms with Crippen molar-refractivity contribution in [3.05, 3.63) is 34.6 Å². The van der Waals surface area contributed by atoms with Crippen molar-refractivity contribution in [3.8, 4) is 0 Å². The SMILES string of the molecule is CCCCCCCCCOC(=O)C(CC(C)C)NC(=O)c1c(F)c(F)c(F)c(F)c1F. The van der Waals surface area contributed by atoms with E-state index in [1.54, 1.807) is 13.8 Å². The molecule has 31 heavy (non-hydrogen) atoms. The summed E-state index contributed by atoms with van der Waals surface area (Å²) in [6.45, 7) is 5.71. The van der Waals surface area contributed by atoms with Gasteiger partial charge in [-0.2, -0.15) is 0 Å². The third kappa shape index (κ3) is 8.10. The molecule has 0 aromatic heterocycles. The molecule has 0 aliphatic heterocycles. The number of amides is 1. The molecule has 176 valence electrons. The van der Waals surface area contributed by atoms with Crippen LogP contribution in [0.3, 0.4) is 0 Å². The summed E-state index contributed by atoms with van der Waals surface area (Å²) in [7, 11) is 0. The zero-order valence-electron chi connectivity index (χ0n) is 18.1. The first-order chi connectivity index (χ1) is 14.6. The number of halogens is 5. The van der Waals surface area contributed by atoms with E-state index in [1.165, 1.54) is 6.42 Å². The lowest BCUT2D eigenvalue weighted by atomic mass is 10.0. The average molecular weight is 451 g/mol. The lowest BCUT2D eigenvalue weighted by Gasteiger charge is -2.20. The number of carbonyl (C=O) groups excluding carboxylic acids is 2. The van der Waals surface area contributed by atoms with Crippen LogP contribution in [-0.4, -0.2) is 24.5 Å². The van der Waals surface area contributed by atoms with Crippen LogP contribution in [-0.2, 0) is 9.53 Å². The average Bonchev–Trinajstić information content (AvgIpc) is 2.71. The topological polar surface area (TPSA) is 55.4 Å². The minimum atomic E-state index is -2.36. The van der Waals surface area contributed by atoms with Gasteiger partial charge in [-0.25, -0.2) is 26.7 Å². The Morgan fingerprint density at radius 1 is 0.806 bits per heavy atom. The van der Waals surface area contributed by atoms with Gasteiger partial charge in [-0.3, -0.25) is 4.79 Å². The summed E-state index contributed by atoms with van der Waals surface area (Å²) in [5, 5.41) is 2.05. The van der Waals surface area contributed by atoms with Crippen molar-refractivity contribution in [1.29, 1.82) is 0 Å². The summed E-state index contributed by atoms with van der Waals surface area (Å²) in [6.07, 6.45) is 7.12. The van der Waals surface area contributed by atoms with E-state index in [0.717, 1.165) is 32.1 Å². The molecule has 0 bridgehead atoms. The number of unbranched alkanes of at least 4 members (excludes halogenated alkanes) is 6. The fraction of sp³-hybridized carbons (Fsp3) is 0.636. The molecule has 1 aromatic rings. The number of hydrogen-bond acceptors (Lipinski definition) is 3. The second kappa shape index (κ2) is 13.3. The highest BCUT2D eigenvalue weighted by molar-refractivity contribution is 5.97. The van der Waals surface area contributed by atoms with E-state index in [0.29, 0.717) is 6.42 Å². The summed E-state index contributed by atoms with van der Waals surface area (Å²) in [5.74, 6) is -13.9. The van der Waals surface area contributed by atoms with Gasteiger partial charge in [-0.15, -0.1) is 0 Å². The monoisotopic (exact) mass is 451 g/mol. The van der Waals surface area contributed by atoms with Gasteiger partial charge in [0.25, 0.3) is 5.91 Å². The Morgan fingerprint density at radius 2 is 1.29 bits per heavy atom. The van der Waals surface area contributed by atoms with Crippen molar-refractivity contribution in [2.24, 2.45) is 5.92 Å². The molecule has 1 aromatic carbocycles. The maximum absolute atomic E-state index is 13.9. The molecule has 1 N–H and O–H groups in total. The Labute approximate surface area is 179 Å². The first kappa shape index (κ1) is 26.8. The smallest absolute Gasteiger partial charge is 0.328 e. The van der Waals surface area contributed by atoms with E-state index in [2.05, 4.69) is 6.92 Å². The third-order valence-electron chi connectivity index (χ3n) is 4.73. The number of carbonyl (C=O) groups is 2. The molecule has 0 spiro atoms. The number of ether oxygens (including phenoxy) is 1. The Morgan fingerprint density at radius 3 is 1.81 bits per heavy atom. The first-order valence-electron chi connectivity index (χ1n) is 10.6. The Balaban J connectivity index is 2.74. The quantitative estimate of drug-likeness (QED) is 0.135. The molecule has 1 unspecified atom stereocenters. The van der Waals surface area contributed by atoms with E-state index in [-0.39, 0.29) is 18.9 Å². The van der Waals surface area contributed by atoms with Crippen molar-refractivity contribution >= 4 is 11.9 Å². The van der Waals surface area contributed by atoms with E-state index < -0.39 is 52.6 Å². The Kier molecular flexibility index (Phi) is 11.5. The van der Waals surface area contributed by atoms with Gasteiger partial charge in [0.15, 0.2) is 23.3 Å². The predicted molar refractivity (Wildman–Crippen MR) is 106 cm³/mol. The maximum atomic E-state index is 13.9.